The summed E-state index contributed by atoms with van der Waals surface area (Å²) in [6.07, 6.45) is -0.216. The first kappa shape index (κ1) is 23.6. The molecule has 0 amide bonds. The maximum atomic E-state index is 6.68. The van der Waals surface area contributed by atoms with Crippen molar-refractivity contribution in [3.8, 4) is 28.0 Å². The van der Waals surface area contributed by atoms with Gasteiger partial charge in [-0.15, -0.1) is 0 Å². The van der Waals surface area contributed by atoms with Crippen LogP contribution >= 0.6 is 0 Å². The molecule has 0 aromatic heterocycles. The topological polar surface area (TPSA) is 21.3 Å². The van der Waals surface area contributed by atoms with Gasteiger partial charge in [0.2, 0.25) is 0 Å². The summed E-state index contributed by atoms with van der Waals surface area (Å²) in [5, 5.41) is 11.4. The van der Waals surface area contributed by atoms with Crippen molar-refractivity contribution in [1.82, 2.24) is 0 Å². The monoisotopic (exact) mass is 539 g/mol. The molecule has 0 saturated carbocycles. The molecule has 1 atom stereocenters. The minimum absolute atomic E-state index is 0.108. The molecule has 9 rings (SSSR count). The van der Waals surface area contributed by atoms with Gasteiger partial charge in [0, 0.05) is 16.5 Å². The lowest BCUT2D eigenvalue weighted by atomic mass is 9.82. The molecule has 2 heteroatoms. The molecule has 0 bridgehead atoms. The normalized spacial score (nSPS) is 16.2. The average molecular weight is 540 g/mol. The zero-order valence-corrected chi connectivity index (χ0v) is 23.6. The molecule has 200 valence electrons. The summed E-state index contributed by atoms with van der Waals surface area (Å²) >= 11 is 0. The molecule has 42 heavy (non-hydrogen) atoms. The quantitative estimate of drug-likeness (QED) is 0.221. The lowest BCUT2D eigenvalue weighted by molar-refractivity contribution is 0.255. The minimum Gasteiger partial charge on any atom is -0.464 e. The first-order valence-corrected chi connectivity index (χ1v) is 14.7. The van der Waals surface area contributed by atoms with Crippen LogP contribution in [-0.2, 0) is 5.41 Å². The van der Waals surface area contributed by atoms with Gasteiger partial charge in [0.25, 0.3) is 0 Å². The Labute approximate surface area is 245 Å². The molecule has 2 nitrogen and oxygen atoms in total. The van der Waals surface area contributed by atoms with Gasteiger partial charge in [-0.05, 0) is 72.3 Å². The van der Waals surface area contributed by atoms with Gasteiger partial charge in [-0.3, -0.25) is 0 Å². The standard InChI is InChI=1S/C40H29NO/c1-40(2)35-14-8-7-13-32(35)33-21-22-36-38(37(33)40)42-39(41-36)25-17-15-24(16-18-25)26-19-20-31-29-11-4-3-9-27(29)28-10-5-6-12-30(28)34(31)23-26/h3-23,39,41H,1-2H3. The molecule has 0 spiro atoms. The molecule has 1 unspecified atom stereocenters. The molecule has 1 N–H and O–H groups in total. The molecule has 2 aliphatic rings. The molecular weight excluding hydrogens is 510 g/mol. The molecule has 0 radical (unpaired) electrons. The average Bonchev–Trinajstić information content (AvgIpc) is 3.58. The zero-order valence-electron chi connectivity index (χ0n) is 23.6. The Hall–Kier alpha value is -5.08. The summed E-state index contributed by atoms with van der Waals surface area (Å²) in [5.74, 6) is 0.983. The number of nitrogens with one attached hydrogen (secondary N) is 1. The van der Waals surface area contributed by atoms with E-state index in [1.165, 1.54) is 65.7 Å². The van der Waals surface area contributed by atoms with Crippen LogP contribution in [0.2, 0.25) is 0 Å². The first-order valence-electron chi connectivity index (χ1n) is 14.7. The Morgan fingerprint density at radius 1 is 0.548 bits per heavy atom. The van der Waals surface area contributed by atoms with Crippen molar-refractivity contribution in [2.24, 2.45) is 0 Å². The van der Waals surface area contributed by atoms with Crippen LogP contribution in [0.5, 0.6) is 5.75 Å². The fourth-order valence-corrected chi connectivity index (χ4v) is 7.44. The van der Waals surface area contributed by atoms with Crippen molar-refractivity contribution in [1.29, 1.82) is 0 Å². The van der Waals surface area contributed by atoms with Crippen LogP contribution in [0.4, 0.5) is 5.69 Å². The fourth-order valence-electron chi connectivity index (χ4n) is 7.44. The maximum Gasteiger partial charge on any atom is 0.196 e. The second-order valence-electron chi connectivity index (χ2n) is 12.2. The summed E-state index contributed by atoms with van der Waals surface area (Å²) in [7, 11) is 0. The number of rotatable bonds is 2. The Morgan fingerprint density at radius 3 is 1.86 bits per heavy atom. The Bertz CT molecular complexity index is 2190. The van der Waals surface area contributed by atoms with Crippen LogP contribution in [0.15, 0.2) is 127 Å². The lowest BCUT2D eigenvalue weighted by Crippen LogP contribution is -2.16. The summed E-state index contributed by atoms with van der Waals surface area (Å²) < 4.78 is 6.68. The first-order chi connectivity index (χ1) is 20.6. The van der Waals surface area contributed by atoms with Gasteiger partial charge in [-0.2, -0.15) is 0 Å². The molecule has 0 fully saturated rings. The summed E-state index contributed by atoms with van der Waals surface area (Å²) in [5.41, 5.74) is 9.73. The number of benzene rings is 7. The predicted octanol–water partition coefficient (Wildman–Crippen LogP) is 10.6. The second kappa shape index (κ2) is 8.47. The van der Waals surface area contributed by atoms with E-state index in [0.717, 1.165) is 17.0 Å². The third-order valence-electron chi connectivity index (χ3n) is 9.49. The van der Waals surface area contributed by atoms with Gasteiger partial charge in [0.1, 0.15) is 0 Å². The number of ether oxygens (including phenoxy) is 1. The smallest absolute Gasteiger partial charge is 0.196 e. The second-order valence-corrected chi connectivity index (χ2v) is 12.2. The predicted molar refractivity (Wildman–Crippen MR) is 175 cm³/mol. The van der Waals surface area contributed by atoms with Crippen molar-refractivity contribution in [2.75, 3.05) is 5.32 Å². The summed E-state index contributed by atoms with van der Waals surface area (Å²) in [6.45, 7) is 4.61. The lowest BCUT2D eigenvalue weighted by Gasteiger charge is -2.23. The van der Waals surface area contributed by atoms with E-state index in [0.29, 0.717) is 0 Å². The third-order valence-corrected chi connectivity index (χ3v) is 9.49. The van der Waals surface area contributed by atoms with Crippen molar-refractivity contribution in [3.63, 3.8) is 0 Å². The molecule has 1 heterocycles. The minimum atomic E-state index is -0.216. The third kappa shape index (κ3) is 3.21. The van der Waals surface area contributed by atoms with Gasteiger partial charge in [0.15, 0.2) is 12.0 Å². The van der Waals surface area contributed by atoms with Gasteiger partial charge < -0.3 is 10.1 Å². The van der Waals surface area contributed by atoms with Gasteiger partial charge in [-0.1, -0.05) is 129 Å². The molecular formula is C40H29NO. The van der Waals surface area contributed by atoms with Crippen LogP contribution in [0.1, 0.15) is 36.8 Å². The van der Waals surface area contributed by atoms with E-state index in [9.17, 15) is 0 Å². The molecule has 7 aromatic carbocycles. The largest absolute Gasteiger partial charge is 0.464 e. The SMILES string of the molecule is CC1(C)c2ccccc2-c2ccc3c(c21)OC(c1ccc(-c2ccc4c5ccccc5c5ccccc5c4c2)cc1)N3. The van der Waals surface area contributed by atoms with Gasteiger partial charge in [-0.25, -0.2) is 0 Å². The van der Waals surface area contributed by atoms with Crippen LogP contribution < -0.4 is 10.1 Å². The number of fused-ring (bicyclic) bond motifs is 11. The van der Waals surface area contributed by atoms with Crippen LogP contribution in [0.3, 0.4) is 0 Å². The molecule has 1 aliphatic heterocycles. The number of hydrogen-bond donors (Lipinski definition) is 1. The highest BCUT2D eigenvalue weighted by Crippen LogP contribution is 2.56. The van der Waals surface area contributed by atoms with Crippen molar-refractivity contribution in [3.05, 3.63) is 144 Å². The highest BCUT2D eigenvalue weighted by Gasteiger charge is 2.41. The van der Waals surface area contributed by atoms with Crippen molar-refractivity contribution in [2.45, 2.75) is 25.5 Å². The van der Waals surface area contributed by atoms with E-state index < -0.39 is 0 Å². The maximum absolute atomic E-state index is 6.68. The van der Waals surface area contributed by atoms with E-state index in [4.69, 9.17) is 4.74 Å². The fraction of sp³-hybridized carbons (Fsp3) is 0.100. The Kier molecular flexibility index (Phi) is 4.76. The van der Waals surface area contributed by atoms with Crippen LogP contribution in [0.25, 0.3) is 54.6 Å². The van der Waals surface area contributed by atoms with Gasteiger partial charge in [0.05, 0.1) is 5.69 Å². The van der Waals surface area contributed by atoms with E-state index >= 15 is 0 Å². The molecule has 0 saturated heterocycles. The number of anilines is 1. The Balaban J connectivity index is 1.08. The van der Waals surface area contributed by atoms with Crippen LogP contribution in [0, 0.1) is 0 Å². The van der Waals surface area contributed by atoms with Crippen molar-refractivity contribution < 1.29 is 4.74 Å². The summed E-state index contributed by atoms with van der Waals surface area (Å²) in [6, 6.07) is 46.4. The zero-order chi connectivity index (χ0) is 28.0. The van der Waals surface area contributed by atoms with Gasteiger partial charge >= 0.3 is 0 Å². The highest BCUT2D eigenvalue weighted by atomic mass is 16.5. The number of hydrogen-bond acceptors (Lipinski definition) is 2. The van der Waals surface area contributed by atoms with E-state index in [2.05, 4.69) is 147 Å². The molecule has 1 aliphatic carbocycles. The van der Waals surface area contributed by atoms with Crippen molar-refractivity contribution >= 4 is 38.0 Å². The molecule has 7 aromatic rings. The van der Waals surface area contributed by atoms with E-state index in [1.807, 2.05) is 0 Å². The summed E-state index contributed by atoms with van der Waals surface area (Å²) in [4.78, 5) is 0. The van der Waals surface area contributed by atoms with E-state index in [-0.39, 0.29) is 11.6 Å². The Morgan fingerprint density at radius 2 is 1.14 bits per heavy atom. The van der Waals surface area contributed by atoms with Crippen LogP contribution in [-0.4, -0.2) is 0 Å². The highest BCUT2D eigenvalue weighted by molar-refractivity contribution is 6.25. The van der Waals surface area contributed by atoms with E-state index in [1.54, 1.807) is 0 Å².